The molecule has 2 aliphatic heterocycles. The van der Waals surface area contributed by atoms with Crippen molar-refractivity contribution in [2.45, 2.75) is 222 Å². The zero-order valence-corrected chi connectivity index (χ0v) is 34.8. The zero-order valence-electron chi connectivity index (χ0n) is 34.8. The van der Waals surface area contributed by atoms with Crippen molar-refractivity contribution < 1.29 is 64.6 Å². The number of unbranched alkanes of at least 4 members (excludes halogenated alkanes) is 15. The first-order chi connectivity index (χ1) is 27.6. The van der Waals surface area contributed by atoms with Crippen molar-refractivity contribution in [2.75, 3.05) is 19.8 Å². The molecule has 0 saturated carbocycles. The molecule has 2 fully saturated rings. The molecular formula is C43H79NO13. The largest absolute Gasteiger partial charge is 0.394 e. The average molecular weight is 818 g/mol. The van der Waals surface area contributed by atoms with Crippen LogP contribution in [0.5, 0.6) is 0 Å². The number of allylic oxidation sites excluding steroid dienone is 4. The van der Waals surface area contributed by atoms with Crippen LogP contribution in [-0.2, 0) is 23.7 Å². The summed E-state index contributed by atoms with van der Waals surface area (Å²) in [7, 11) is 0. The molecule has 12 atom stereocenters. The van der Waals surface area contributed by atoms with Gasteiger partial charge in [-0.2, -0.15) is 0 Å². The Labute approximate surface area is 341 Å². The molecule has 334 valence electrons. The summed E-state index contributed by atoms with van der Waals surface area (Å²) in [6, 6.07) is -0.830. The fourth-order valence-electron chi connectivity index (χ4n) is 7.20. The molecule has 0 radical (unpaired) electrons. The number of carbonyl (C=O) groups is 1. The number of carbonyl (C=O) groups excluding carboxylic acids is 1. The van der Waals surface area contributed by atoms with Crippen LogP contribution in [0.4, 0.5) is 0 Å². The SMILES string of the molecule is CCCCC/C=C\C/C=C\CCCCCCCC(=O)NC(COC1OC(CO)C(OC2OC(CO)C(O)C(O)C2O)C(O)C1O)C(O)CCCCCCCCCC. The minimum Gasteiger partial charge on any atom is -0.394 e. The van der Waals surface area contributed by atoms with E-state index in [1.165, 1.54) is 44.9 Å². The number of amides is 1. The van der Waals surface area contributed by atoms with Gasteiger partial charge in [-0.3, -0.25) is 4.79 Å². The van der Waals surface area contributed by atoms with E-state index in [0.717, 1.165) is 70.6 Å². The first-order valence-corrected chi connectivity index (χ1v) is 22.1. The molecule has 12 unspecified atom stereocenters. The summed E-state index contributed by atoms with van der Waals surface area (Å²) < 4.78 is 22.6. The van der Waals surface area contributed by atoms with E-state index in [1.807, 2.05) is 0 Å². The summed E-state index contributed by atoms with van der Waals surface area (Å²) in [6.07, 6.45) is 13.5. The summed E-state index contributed by atoms with van der Waals surface area (Å²) >= 11 is 0. The second-order valence-corrected chi connectivity index (χ2v) is 15.8. The second-order valence-electron chi connectivity index (χ2n) is 15.8. The highest BCUT2D eigenvalue weighted by molar-refractivity contribution is 5.76. The Kier molecular flexibility index (Phi) is 28.4. The normalized spacial score (nSPS) is 29.3. The molecule has 57 heavy (non-hydrogen) atoms. The van der Waals surface area contributed by atoms with E-state index in [0.29, 0.717) is 12.8 Å². The maximum Gasteiger partial charge on any atom is 0.220 e. The minimum atomic E-state index is -1.78. The second kappa shape index (κ2) is 31.4. The Hall–Kier alpha value is -1.53. The average Bonchev–Trinajstić information content (AvgIpc) is 3.21. The first-order valence-electron chi connectivity index (χ1n) is 22.1. The van der Waals surface area contributed by atoms with Crippen LogP contribution in [0, 0.1) is 0 Å². The lowest BCUT2D eigenvalue weighted by molar-refractivity contribution is -0.359. The van der Waals surface area contributed by atoms with Gasteiger partial charge in [0, 0.05) is 6.42 Å². The van der Waals surface area contributed by atoms with Gasteiger partial charge >= 0.3 is 0 Å². The molecule has 0 aromatic rings. The molecule has 0 aliphatic carbocycles. The van der Waals surface area contributed by atoms with Gasteiger partial charge in [0.2, 0.25) is 5.91 Å². The Balaban J connectivity index is 1.88. The van der Waals surface area contributed by atoms with Crippen LogP contribution in [0.1, 0.15) is 149 Å². The van der Waals surface area contributed by atoms with Crippen LogP contribution in [-0.4, -0.2) is 140 Å². The van der Waals surface area contributed by atoms with Gasteiger partial charge in [-0.1, -0.05) is 122 Å². The summed E-state index contributed by atoms with van der Waals surface area (Å²) in [5, 5.41) is 86.3. The molecular weight excluding hydrogens is 738 g/mol. The van der Waals surface area contributed by atoms with Crippen molar-refractivity contribution in [2.24, 2.45) is 0 Å². The van der Waals surface area contributed by atoms with Crippen molar-refractivity contribution in [3.05, 3.63) is 24.3 Å². The Morgan fingerprint density at radius 2 is 1.16 bits per heavy atom. The molecule has 0 aromatic heterocycles. The molecule has 14 nitrogen and oxygen atoms in total. The fourth-order valence-corrected chi connectivity index (χ4v) is 7.20. The molecule has 14 heteroatoms. The van der Waals surface area contributed by atoms with E-state index in [9.17, 15) is 45.6 Å². The maximum atomic E-state index is 13.1. The number of aliphatic hydroxyl groups is 8. The number of rotatable bonds is 32. The molecule has 1 amide bonds. The third-order valence-electron chi connectivity index (χ3n) is 10.9. The molecule has 2 aliphatic rings. The first kappa shape index (κ1) is 51.6. The minimum absolute atomic E-state index is 0.226. The van der Waals surface area contributed by atoms with Gasteiger partial charge in [0.15, 0.2) is 12.6 Å². The third-order valence-corrected chi connectivity index (χ3v) is 10.9. The molecule has 0 bridgehead atoms. The number of hydrogen-bond acceptors (Lipinski definition) is 13. The van der Waals surface area contributed by atoms with Crippen molar-refractivity contribution in [1.29, 1.82) is 0 Å². The lowest BCUT2D eigenvalue weighted by atomic mass is 9.97. The maximum absolute atomic E-state index is 13.1. The Bertz CT molecular complexity index is 1060. The molecule has 2 rings (SSSR count). The lowest BCUT2D eigenvalue weighted by Gasteiger charge is -2.46. The quantitative estimate of drug-likeness (QED) is 0.0348. The number of ether oxygens (including phenoxy) is 4. The molecule has 0 aromatic carbocycles. The summed E-state index contributed by atoms with van der Waals surface area (Å²) in [5.74, 6) is -0.226. The predicted molar refractivity (Wildman–Crippen MR) is 217 cm³/mol. The van der Waals surface area contributed by atoms with Gasteiger partial charge in [-0.25, -0.2) is 0 Å². The van der Waals surface area contributed by atoms with E-state index < -0.39 is 86.8 Å². The van der Waals surface area contributed by atoms with Gasteiger partial charge in [-0.15, -0.1) is 0 Å². The Morgan fingerprint density at radius 3 is 1.79 bits per heavy atom. The highest BCUT2D eigenvalue weighted by Crippen LogP contribution is 2.30. The van der Waals surface area contributed by atoms with Gasteiger partial charge in [0.05, 0.1) is 32.0 Å². The molecule has 0 spiro atoms. The van der Waals surface area contributed by atoms with Gasteiger partial charge in [0.1, 0.15) is 48.8 Å². The predicted octanol–water partition coefficient (Wildman–Crippen LogP) is 3.82. The van der Waals surface area contributed by atoms with Gasteiger partial charge in [-0.05, 0) is 44.9 Å². The van der Waals surface area contributed by atoms with E-state index in [1.54, 1.807) is 0 Å². The smallest absolute Gasteiger partial charge is 0.220 e. The van der Waals surface area contributed by atoms with Gasteiger partial charge < -0.3 is 65.1 Å². The van der Waals surface area contributed by atoms with E-state index in [2.05, 4.69) is 43.5 Å². The van der Waals surface area contributed by atoms with Crippen LogP contribution < -0.4 is 5.32 Å². The Morgan fingerprint density at radius 1 is 0.632 bits per heavy atom. The molecule has 2 heterocycles. The summed E-state index contributed by atoms with van der Waals surface area (Å²) in [5.41, 5.74) is 0. The lowest BCUT2D eigenvalue weighted by Crippen LogP contribution is -2.65. The molecule has 9 N–H and O–H groups in total. The standard InChI is InChI=1S/C43H79NO13/c1-3-5-7-9-11-13-14-15-16-17-18-19-21-23-25-27-35(48)44-31(32(47)26-24-22-20-12-10-8-6-4-2)30-54-42-40(53)38(51)41(34(29-46)56-42)57-43-39(52)37(50)36(49)33(28-45)55-43/h11,13,15-16,31-34,36-43,45-47,49-53H,3-10,12,14,17-30H2,1-2H3,(H,44,48)/b13-11-,16-15-. The van der Waals surface area contributed by atoms with Crippen LogP contribution in [0.15, 0.2) is 24.3 Å². The van der Waals surface area contributed by atoms with E-state index in [4.69, 9.17) is 18.9 Å². The number of aliphatic hydroxyl groups excluding tert-OH is 8. The van der Waals surface area contributed by atoms with Crippen LogP contribution in [0.2, 0.25) is 0 Å². The van der Waals surface area contributed by atoms with Crippen LogP contribution >= 0.6 is 0 Å². The summed E-state index contributed by atoms with van der Waals surface area (Å²) in [6.45, 7) is 2.74. The zero-order chi connectivity index (χ0) is 41.8. The highest BCUT2D eigenvalue weighted by atomic mass is 16.7. The third kappa shape index (κ3) is 20.1. The van der Waals surface area contributed by atoms with Gasteiger partial charge in [0.25, 0.3) is 0 Å². The van der Waals surface area contributed by atoms with Crippen LogP contribution in [0.25, 0.3) is 0 Å². The fraction of sp³-hybridized carbons (Fsp3) is 0.884. The monoisotopic (exact) mass is 818 g/mol. The van der Waals surface area contributed by atoms with E-state index >= 15 is 0 Å². The van der Waals surface area contributed by atoms with Crippen molar-refractivity contribution in [3.63, 3.8) is 0 Å². The van der Waals surface area contributed by atoms with Crippen molar-refractivity contribution in [1.82, 2.24) is 5.32 Å². The number of nitrogens with one attached hydrogen (secondary N) is 1. The van der Waals surface area contributed by atoms with E-state index in [-0.39, 0.29) is 18.9 Å². The van der Waals surface area contributed by atoms with Crippen molar-refractivity contribution >= 4 is 5.91 Å². The molecule has 2 saturated heterocycles. The topological polar surface area (TPSA) is 228 Å². The summed E-state index contributed by atoms with van der Waals surface area (Å²) in [4.78, 5) is 13.1. The highest BCUT2D eigenvalue weighted by Gasteiger charge is 2.51. The van der Waals surface area contributed by atoms with Crippen LogP contribution in [0.3, 0.4) is 0 Å². The number of hydrogen-bond donors (Lipinski definition) is 9. The van der Waals surface area contributed by atoms with Crippen molar-refractivity contribution in [3.8, 4) is 0 Å².